The van der Waals surface area contributed by atoms with E-state index in [0.29, 0.717) is 30.9 Å². The van der Waals surface area contributed by atoms with Crippen LogP contribution in [0.15, 0.2) is 108 Å². The molecule has 0 bridgehead atoms. The molecule has 2 amide bonds. The third-order valence-electron chi connectivity index (χ3n) is 7.62. The lowest BCUT2D eigenvalue weighted by Crippen LogP contribution is -2.50. The largest absolute Gasteiger partial charge is 0.497 e. The molecule has 0 saturated carbocycles. The van der Waals surface area contributed by atoms with Crippen LogP contribution in [0.3, 0.4) is 0 Å². The summed E-state index contributed by atoms with van der Waals surface area (Å²) in [4.78, 5) is 29.9. The molecule has 242 valence electrons. The number of amides is 2. The molecule has 0 spiro atoms. The van der Waals surface area contributed by atoms with Crippen LogP contribution in [0.4, 0.5) is 0 Å². The summed E-state index contributed by atoms with van der Waals surface area (Å²) in [6.45, 7) is 2.46. The van der Waals surface area contributed by atoms with Crippen molar-refractivity contribution in [3.63, 3.8) is 0 Å². The standard InChI is InChI=1S/C36H41N3O6S/c1-4-38-46(42,43)32-21-16-27(17-22-32)18-23-35(40)39(26-29-14-19-31(44-2)20-15-29)33(24-28-10-6-5-7-11-28)36(41)37-25-30-12-8-9-13-34(30)45-3/h5-17,19-22,33,38H,4,18,23-26H2,1-3H3,(H,37,41)/t33-/m0/s1. The quantitative estimate of drug-likeness (QED) is 0.180. The van der Waals surface area contributed by atoms with Gasteiger partial charge in [0.05, 0.1) is 19.1 Å². The summed E-state index contributed by atoms with van der Waals surface area (Å²) in [5.41, 5.74) is 3.41. The summed E-state index contributed by atoms with van der Waals surface area (Å²) in [7, 11) is -0.400. The minimum Gasteiger partial charge on any atom is -0.497 e. The number of nitrogens with one attached hydrogen (secondary N) is 2. The zero-order valence-corrected chi connectivity index (χ0v) is 27.3. The van der Waals surface area contributed by atoms with Crippen LogP contribution in [0.25, 0.3) is 0 Å². The lowest BCUT2D eigenvalue weighted by atomic mass is 10.0. The zero-order chi connectivity index (χ0) is 32.9. The second-order valence-corrected chi connectivity index (χ2v) is 12.5. The number of hydrogen-bond acceptors (Lipinski definition) is 6. The first-order chi connectivity index (χ1) is 22.2. The third-order valence-corrected chi connectivity index (χ3v) is 9.19. The highest BCUT2D eigenvalue weighted by Crippen LogP contribution is 2.21. The van der Waals surface area contributed by atoms with Crippen molar-refractivity contribution in [2.75, 3.05) is 20.8 Å². The molecule has 0 aliphatic rings. The Morgan fingerprint density at radius 2 is 1.43 bits per heavy atom. The van der Waals surface area contributed by atoms with Gasteiger partial charge in [-0.05, 0) is 53.4 Å². The van der Waals surface area contributed by atoms with Crippen molar-refractivity contribution in [1.82, 2.24) is 14.9 Å². The number of methoxy groups -OCH3 is 2. The topological polar surface area (TPSA) is 114 Å². The number of rotatable bonds is 16. The number of para-hydroxylation sites is 1. The Bertz CT molecular complexity index is 1680. The molecule has 0 saturated heterocycles. The summed E-state index contributed by atoms with van der Waals surface area (Å²) in [6, 6.07) is 30.2. The van der Waals surface area contributed by atoms with E-state index in [1.54, 1.807) is 38.2 Å². The van der Waals surface area contributed by atoms with E-state index in [0.717, 1.165) is 22.3 Å². The molecule has 1 atom stereocenters. The number of nitrogens with zero attached hydrogens (tertiary/aromatic N) is 1. The Hall–Kier alpha value is -4.67. The number of carbonyl (C=O) groups is 2. The smallest absolute Gasteiger partial charge is 0.243 e. The number of carbonyl (C=O) groups excluding carboxylic acids is 2. The Morgan fingerprint density at radius 1 is 0.783 bits per heavy atom. The van der Waals surface area contributed by atoms with Gasteiger partial charge in [-0.1, -0.05) is 79.7 Å². The Morgan fingerprint density at radius 3 is 2.09 bits per heavy atom. The number of ether oxygens (including phenoxy) is 2. The van der Waals surface area contributed by atoms with E-state index in [4.69, 9.17) is 9.47 Å². The fraction of sp³-hybridized carbons (Fsp3) is 0.278. The second-order valence-electron chi connectivity index (χ2n) is 10.8. The average molecular weight is 644 g/mol. The average Bonchev–Trinajstić information content (AvgIpc) is 3.08. The molecule has 0 radical (unpaired) electrons. The highest BCUT2D eigenvalue weighted by atomic mass is 32.2. The molecule has 0 aromatic heterocycles. The van der Waals surface area contributed by atoms with Crippen LogP contribution in [-0.2, 0) is 45.5 Å². The first-order valence-corrected chi connectivity index (χ1v) is 16.7. The van der Waals surface area contributed by atoms with Crippen molar-refractivity contribution in [2.45, 2.75) is 50.2 Å². The highest BCUT2D eigenvalue weighted by molar-refractivity contribution is 7.89. The maximum Gasteiger partial charge on any atom is 0.243 e. The van der Waals surface area contributed by atoms with E-state index in [-0.39, 0.29) is 36.2 Å². The van der Waals surface area contributed by atoms with Crippen LogP contribution >= 0.6 is 0 Å². The number of hydrogen-bond donors (Lipinski definition) is 2. The molecule has 0 unspecified atom stereocenters. The van der Waals surface area contributed by atoms with E-state index in [2.05, 4.69) is 10.0 Å². The molecule has 10 heteroatoms. The van der Waals surface area contributed by atoms with Crippen molar-refractivity contribution in [1.29, 1.82) is 0 Å². The van der Waals surface area contributed by atoms with Crippen molar-refractivity contribution in [3.8, 4) is 11.5 Å². The Kier molecular flexibility index (Phi) is 12.3. The summed E-state index contributed by atoms with van der Waals surface area (Å²) in [5, 5.41) is 3.04. The van der Waals surface area contributed by atoms with Gasteiger partial charge >= 0.3 is 0 Å². The van der Waals surface area contributed by atoms with Crippen molar-refractivity contribution >= 4 is 21.8 Å². The van der Waals surface area contributed by atoms with Gasteiger partial charge < -0.3 is 19.7 Å². The van der Waals surface area contributed by atoms with E-state index in [9.17, 15) is 18.0 Å². The molecule has 0 heterocycles. The van der Waals surface area contributed by atoms with E-state index in [1.807, 2.05) is 78.9 Å². The van der Waals surface area contributed by atoms with Crippen molar-refractivity contribution in [2.24, 2.45) is 0 Å². The van der Waals surface area contributed by atoms with E-state index >= 15 is 0 Å². The highest BCUT2D eigenvalue weighted by Gasteiger charge is 2.30. The number of sulfonamides is 1. The van der Waals surface area contributed by atoms with Gasteiger partial charge in [-0.3, -0.25) is 9.59 Å². The van der Waals surface area contributed by atoms with Gasteiger partial charge in [0.1, 0.15) is 17.5 Å². The number of aryl methyl sites for hydroxylation is 1. The summed E-state index contributed by atoms with van der Waals surface area (Å²) in [6.07, 6.45) is 0.818. The van der Waals surface area contributed by atoms with Gasteiger partial charge in [-0.2, -0.15) is 0 Å². The van der Waals surface area contributed by atoms with Gasteiger partial charge in [0.2, 0.25) is 21.8 Å². The lowest BCUT2D eigenvalue weighted by molar-refractivity contribution is -0.141. The molecule has 4 aromatic carbocycles. The fourth-order valence-corrected chi connectivity index (χ4v) is 6.18. The van der Waals surface area contributed by atoms with E-state index in [1.165, 1.54) is 12.1 Å². The molecule has 2 N–H and O–H groups in total. The normalized spacial score (nSPS) is 11.8. The van der Waals surface area contributed by atoms with Crippen LogP contribution < -0.4 is 19.5 Å². The molecule has 0 aliphatic carbocycles. The summed E-state index contributed by atoms with van der Waals surface area (Å²) in [5.74, 6) is 0.873. The minimum absolute atomic E-state index is 0.126. The van der Waals surface area contributed by atoms with Crippen molar-refractivity contribution in [3.05, 3.63) is 125 Å². The summed E-state index contributed by atoms with van der Waals surface area (Å²) < 4.78 is 38.0. The molecule has 9 nitrogen and oxygen atoms in total. The molecule has 4 rings (SSSR count). The van der Waals surface area contributed by atoms with Gasteiger partial charge in [0.25, 0.3) is 0 Å². The second kappa shape index (κ2) is 16.6. The first kappa shape index (κ1) is 34.2. The maximum absolute atomic E-state index is 14.1. The monoisotopic (exact) mass is 643 g/mol. The minimum atomic E-state index is -3.58. The van der Waals surface area contributed by atoms with Crippen LogP contribution in [0.1, 0.15) is 35.6 Å². The van der Waals surface area contributed by atoms with Gasteiger partial charge in [-0.15, -0.1) is 0 Å². The van der Waals surface area contributed by atoms with Gasteiger partial charge in [-0.25, -0.2) is 13.1 Å². The number of benzene rings is 4. The Labute approximate surface area is 271 Å². The molecule has 0 fully saturated rings. The predicted molar refractivity (Wildman–Crippen MR) is 178 cm³/mol. The molecular weight excluding hydrogens is 602 g/mol. The van der Waals surface area contributed by atoms with Crippen LogP contribution in [-0.4, -0.2) is 51.9 Å². The maximum atomic E-state index is 14.1. The lowest BCUT2D eigenvalue weighted by Gasteiger charge is -2.32. The third kappa shape index (κ3) is 9.42. The SMILES string of the molecule is CCNS(=O)(=O)c1ccc(CCC(=O)N(Cc2ccc(OC)cc2)[C@@H](Cc2ccccc2)C(=O)NCc2ccccc2OC)cc1. The summed E-state index contributed by atoms with van der Waals surface area (Å²) >= 11 is 0. The Balaban J connectivity index is 1.61. The first-order valence-electron chi connectivity index (χ1n) is 15.2. The van der Waals surface area contributed by atoms with Crippen LogP contribution in [0, 0.1) is 0 Å². The van der Waals surface area contributed by atoms with E-state index < -0.39 is 16.1 Å². The van der Waals surface area contributed by atoms with Gasteiger partial charge in [0, 0.05) is 38.0 Å². The zero-order valence-electron chi connectivity index (χ0n) is 26.4. The van der Waals surface area contributed by atoms with Crippen molar-refractivity contribution < 1.29 is 27.5 Å². The van der Waals surface area contributed by atoms with Crippen LogP contribution in [0.2, 0.25) is 0 Å². The molecular formula is C36H41N3O6S. The van der Waals surface area contributed by atoms with Crippen LogP contribution in [0.5, 0.6) is 11.5 Å². The predicted octanol–water partition coefficient (Wildman–Crippen LogP) is 4.89. The molecule has 46 heavy (non-hydrogen) atoms. The van der Waals surface area contributed by atoms with Gasteiger partial charge in [0.15, 0.2) is 0 Å². The fourth-order valence-electron chi connectivity index (χ4n) is 5.13. The molecule has 4 aromatic rings. The molecule has 0 aliphatic heterocycles.